The van der Waals surface area contributed by atoms with Crippen LogP contribution in [0.15, 0.2) is 77.8 Å². The van der Waals surface area contributed by atoms with Crippen molar-refractivity contribution in [3.8, 4) is 5.75 Å². The molecule has 2 N–H and O–H groups in total. The highest BCUT2D eigenvalue weighted by molar-refractivity contribution is 6.30. The van der Waals surface area contributed by atoms with Gasteiger partial charge >= 0.3 is 0 Å². The van der Waals surface area contributed by atoms with Crippen LogP contribution in [-0.2, 0) is 0 Å². The van der Waals surface area contributed by atoms with Crippen molar-refractivity contribution in [2.24, 2.45) is 4.99 Å². The number of hydrogen-bond donors (Lipinski definition) is 2. The average molecular weight is 377 g/mol. The summed E-state index contributed by atoms with van der Waals surface area (Å²) in [4.78, 5) is 4.96. The Kier molecular flexibility index (Phi) is 4.97. The predicted octanol–water partition coefficient (Wildman–Crippen LogP) is 5.58. The highest BCUT2D eigenvalue weighted by atomic mass is 35.5. The highest BCUT2D eigenvalue weighted by Crippen LogP contribution is 2.34. The minimum atomic E-state index is -0.224. The Bertz CT molecular complexity index is 982. The van der Waals surface area contributed by atoms with E-state index in [1.54, 1.807) is 6.07 Å². The van der Waals surface area contributed by atoms with E-state index in [0.717, 1.165) is 22.4 Å². The minimum absolute atomic E-state index is 0.0380. The number of hydrogen-bond acceptors (Lipinski definition) is 3. The summed E-state index contributed by atoms with van der Waals surface area (Å²) < 4.78 is 0. The van der Waals surface area contributed by atoms with Gasteiger partial charge in [0.05, 0.1) is 0 Å². The first-order chi connectivity index (χ1) is 13.1. The zero-order valence-electron chi connectivity index (χ0n) is 15.1. The van der Waals surface area contributed by atoms with Crippen molar-refractivity contribution in [2.45, 2.75) is 25.6 Å². The van der Waals surface area contributed by atoms with Gasteiger partial charge in [-0.1, -0.05) is 71.8 Å². The van der Waals surface area contributed by atoms with E-state index in [2.05, 4.69) is 36.5 Å². The van der Waals surface area contributed by atoms with Crippen molar-refractivity contribution >= 4 is 17.3 Å². The van der Waals surface area contributed by atoms with Crippen LogP contribution in [0.1, 0.15) is 40.9 Å². The first-order valence-corrected chi connectivity index (χ1v) is 9.41. The fourth-order valence-electron chi connectivity index (χ4n) is 3.46. The molecule has 1 heterocycles. The first-order valence-electron chi connectivity index (χ1n) is 9.03. The summed E-state index contributed by atoms with van der Waals surface area (Å²) >= 11 is 6.20. The zero-order valence-corrected chi connectivity index (χ0v) is 15.8. The van der Waals surface area contributed by atoms with Crippen LogP contribution in [0.5, 0.6) is 5.75 Å². The Morgan fingerprint density at radius 1 is 1.00 bits per heavy atom. The van der Waals surface area contributed by atoms with Crippen LogP contribution in [0.4, 0.5) is 0 Å². The predicted molar refractivity (Wildman–Crippen MR) is 111 cm³/mol. The summed E-state index contributed by atoms with van der Waals surface area (Å²) in [5.41, 5.74) is 5.23. The van der Waals surface area contributed by atoms with Gasteiger partial charge < -0.3 is 5.11 Å². The molecule has 3 nitrogen and oxygen atoms in total. The second-order valence-electron chi connectivity index (χ2n) is 6.88. The number of para-hydroxylation sites is 1. The maximum atomic E-state index is 10.4. The fourth-order valence-corrected chi connectivity index (χ4v) is 3.66. The van der Waals surface area contributed by atoms with Crippen LogP contribution in [0.3, 0.4) is 0 Å². The SMILES string of the molecule is Cc1ccc(C2=N[C@H](c3cccc(Cl)c3)N[C@H](c3ccccc3O)C2)cc1. The zero-order chi connectivity index (χ0) is 18.8. The van der Waals surface area contributed by atoms with Crippen LogP contribution in [0.25, 0.3) is 0 Å². The normalized spacial score (nSPS) is 19.6. The number of rotatable bonds is 3. The Balaban J connectivity index is 1.76. The number of nitrogens with one attached hydrogen (secondary N) is 1. The van der Waals surface area contributed by atoms with E-state index < -0.39 is 0 Å². The Morgan fingerprint density at radius 2 is 1.78 bits per heavy atom. The lowest BCUT2D eigenvalue weighted by Gasteiger charge is -2.31. The van der Waals surface area contributed by atoms with Gasteiger partial charge in [-0.25, -0.2) is 0 Å². The molecule has 0 unspecified atom stereocenters. The molecule has 27 heavy (non-hydrogen) atoms. The summed E-state index contributed by atoms with van der Waals surface area (Å²) in [5, 5.41) is 14.6. The Labute approximate surface area is 164 Å². The molecule has 0 amide bonds. The molecular weight excluding hydrogens is 356 g/mol. The summed E-state index contributed by atoms with van der Waals surface area (Å²) in [6.07, 6.45) is 0.482. The molecule has 0 radical (unpaired) electrons. The Hall–Kier alpha value is -2.62. The maximum absolute atomic E-state index is 10.4. The van der Waals surface area contributed by atoms with E-state index in [4.69, 9.17) is 16.6 Å². The number of phenols is 1. The standard InChI is InChI=1S/C23H21ClN2O/c1-15-9-11-16(12-10-15)20-14-21(19-7-2-3-8-22(19)27)26-23(25-20)17-5-4-6-18(24)13-17/h2-13,21,23,26-27H,14H2,1H3/t21-,23-/m0/s1. The molecule has 3 aromatic rings. The molecular formula is C23H21ClN2O. The van der Waals surface area contributed by atoms with Crippen LogP contribution in [0.2, 0.25) is 5.02 Å². The van der Waals surface area contributed by atoms with Crippen LogP contribution in [-0.4, -0.2) is 10.8 Å². The molecule has 1 aliphatic heterocycles. The van der Waals surface area contributed by atoms with Gasteiger partial charge in [0.15, 0.2) is 0 Å². The lowest BCUT2D eigenvalue weighted by molar-refractivity contribution is 0.413. The van der Waals surface area contributed by atoms with Gasteiger partial charge in [-0.2, -0.15) is 0 Å². The molecule has 2 atom stereocenters. The largest absolute Gasteiger partial charge is 0.508 e. The molecule has 1 aliphatic rings. The third kappa shape index (κ3) is 3.90. The van der Waals surface area contributed by atoms with Crippen molar-refractivity contribution < 1.29 is 5.11 Å². The van der Waals surface area contributed by atoms with Gasteiger partial charge in [0, 0.05) is 28.8 Å². The van der Waals surface area contributed by atoms with Crippen molar-refractivity contribution in [1.29, 1.82) is 0 Å². The van der Waals surface area contributed by atoms with E-state index in [9.17, 15) is 5.11 Å². The summed E-state index contributed by atoms with van der Waals surface area (Å²) in [5.74, 6) is 0.296. The number of halogens is 1. The van der Waals surface area contributed by atoms with Gasteiger partial charge in [-0.05, 0) is 36.2 Å². The van der Waals surface area contributed by atoms with E-state index in [1.165, 1.54) is 5.56 Å². The first kappa shape index (κ1) is 17.8. The lowest BCUT2D eigenvalue weighted by Crippen LogP contribution is -2.33. The minimum Gasteiger partial charge on any atom is -0.508 e. The molecule has 4 heteroatoms. The van der Waals surface area contributed by atoms with Crippen LogP contribution >= 0.6 is 11.6 Å². The molecule has 4 rings (SSSR count). The number of aromatic hydroxyl groups is 1. The third-order valence-corrected chi connectivity index (χ3v) is 5.14. The highest BCUT2D eigenvalue weighted by Gasteiger charge is 2.27. The van der Waals surface area contributed by atoms with Gasteiger partial charge in [0.25, 0.3) is 0 Å². The van der Waals surface area contributed by atoms with Gasteiger partial charge in [-0.3, -0.25) is 10.3 Å². The molecule has 0 fully saturated rings. The van der Waals surface area contributed by atoms with Crippen LogP contribution < -0.4 is 5.32 Å². The second-order valence-corrected chi connectivity index (χ2v) is 7.32. The van der Waals surface area contributed by atoms with E-state index in [1.807, 2.05) is 42.5 Å². The van der Waals surface area contributed by atoms with Crippen LogP contribution in [0, 0.1) is 6.92 Å². The number of phenolic OH excluding ortho intramolecular Hbond substituents is 1. The number of benzene rings is 3. The maximum Gasteiger partial charge on any atom is 0.126 e. The van der Waals surface area contributed by atoms with Crippen molar-refractivity contribution in [1.82, 2.24) is 5.32 Å². The molecule has 3 aromatic carbocycles. The molecule has 0 spiro atoms. The monoisotopic (exact) mass is 376 g/mol. The summed E-state index contributed by atoms with van der Waals surface area (Å²) in [6.45, 7) is 2.08. The number of aryl methyl sites for hydroxylation is 1. The van der Waals surface area contributed by atoms with Gasteiger partial charge in [0.2, 0.25) is 0 Å². The summed E-state index contributed by atoms with van der Waals surface area (Å²) in [6, 6.07) is 23.6. The van der Waals surface area contributed by atoms with Crippen molar-refractivity contribution in [2.75, 3.05) is 0 Å². The second kappa shape index (κ2) is 7.55. The third-order valence-electron chi connectivity index (χ3n) is 4.90. The molecule has 0 bridgehead atoms. The molecule has 0 aromatic heterocycles. The molecule has 0 saturated heterocycles. The topological polar surface area (TPSA) is 44.6 Å². The van der Waals surface area contributed by atoms with Crippen molar-refractivity contribution in [3.05, 3.63) is 100 Å². The lowest BCUT2D eigenvalue weighted by atomic mass is 9.93. The molecule has 136 valence electrons. The van der Waals surface area contributed by atoms with E-state index >= 15 is 0 Å². The smallest absolute Gasteiger partial charge is 0.126 e. The molecule has 0 aliphatic carbocycles. The van der Waals surface area contributed by atoms with Crippen molar-refractivity contribution in [3.63, 3.8) is 0 Å². The van der Waals surface area contributed by atoms with Gasteiger partial charge in [0.1, 0.15) is 11.9 Å². The van der Waals surface area contributed by atoms with E-state index in [0.29, 0.717) is 17.2 Å². The number of nitrogens with zero attached hydrogens (tertiary/aromatic N) is 1. The summed E-state index contributed by atoms with van der Waals surface area (Å²) in [7, 11) is 0. The average Bonchev–Trinajstić information content (AvgIpc) is 2.68. The molecule has 0 saturated carbocycles. The fraction of sp³-hybridized carbons (Fsp3) is 0.174. The van der Waals surface area contributed by atoms with E-state index in [-0.39, 0.29) is 12.2 Å². The Morgan fingerprint density at radius 3 is 2.52 bits per heavy atom. The quantitative estimate of drug-likeness (QED) is 0.627. The van der Waals surface area contributed by atoms with Gasteiger partial charge in [-0.15, -0.1) is 0 Å². The number of aliphatic imine (C=N–C) groups is 1.